The number of fused-ring (bicyclic) bond motifs is 1. The average Bonchev–Trinajstić information content (AvgIpc) is 2.58. The molecule has 0 bridgehead atoms. The molecule has 0 radical (unpaired) electrons. The molecule has 13 heavy (non-hydrogen) atoms. The van der Waals surface area contributed by atoms with Gasteiger partial charge < -0.3 is 15.3 Å². The van der Waals surface area contributed by atoms with Gasteiger partial charge in [-0.1, -0.05) is 0 Å². The lowest BCUT2D eigenvalue weighted by atomic mass is 10.5. The molecule has 0 amide bonds. The molecule has 0 aliphatic rings. The minimum Gasteiger partial charge on any atom is -0.340 e. The molecule has 2 rings (SSSR count). The normalized spacial score (nSPS) is 10.8. The molecule has 0 saturated heterocycles. The predicted molar refractivity (Wildman–Crippen MR) is 46.8 cm³/mol. The summed E-state index contributed by atoms with van der Waals surface area (Å²) in [7, 11) is 0. The SMILES string of the molecule is N=c1c2[nH]cnc2ncn1CCN. The molecule has 0 aliphatic heterocycles. The van der Waals surface area contributed by atoms with Crippen molar-refractivity contribution >= 4 is 11.2 Å². The Hall–Kier alpha value is -1.69. The number of hydrogen-bond acceptors (Lipinski definition) is 4. The van der Waals surface area contributed by atoms with E-state index in [0.29, 0.717) is 29.7 Å². The van der Waals surface area contributed by atoms with Crippen molar-refractivity contribution < 1.29 is 0 Å². The first kappa shape index (κ1) is 7.93. The molecule has 6 nitrogen and oxygen atoms in total. The minimum absolute atomic E-state index is 0.368. The number of imidazole rings is 1. The van der Waals surface area contributed by atoms with Crippen molar-refractivity contribution in [3.8, 4) is 0 Å². The zero-order valence-electron chi connectivity index (χ0n) is 6.99. The van der Waals surface area contributed by atoms with Crippen molar-refractivity contribution in [1.82, 2.24) is 19.5 Å². The molecule has 2 aromatic rings. The van der Waals surface area contributed by atoms with Crippen molar-refractivity contribution in [2.75, 3.05) is 6.54 Å². The van der Waals surface area contributed by atoms with Crippen molar-refractivity contribution in [3.05, 3.63) is 18.1 Å². The van der Waals surface area contributed by atoms with Crippen molar-refractivity contribution in [1.29, 1.82) is 5.41 Å². The largest absolute Gasteiger partial charge is 0.340 e. The maximum atomic E-state index is 7.76. The van der Waals surface area contributed by atoms with Crippen LogP contribution in [0.3, 0.4) is 0 Å². The fourth-order valence-electron chi connectivity index (χ4n) is 1.19. The van der Waals surface area contributed by atoms with Crippen LogP contribution in [0.5, 0.6) is 0 Å². The lowest BCUT2D eigenvalue weighted by Crippen LogP contribution is -2.24. The summed E-state index contributed by atoms with van der Waals surface area (Å²) in [5.41, 5.74) is 6.98. The van der Waals surface area contributed by atoms with Gasteiger partial charge in [0.1, 0.15) is 5.52 Å². The Labute approximate surface area is 73.9 Å². The number of nitrogens with one attached hydrogen (secondary N) is 2. The molecule has 0 aliphatic carbocycles. The van der Waals surface area contributed by atoms with Crippen LogP contribution in [-0.2, 0) is 6.54 Å². The van der Waals surface area contributed by atoms with E-state index in [1.54, 1.807) is 10.9 Å². The van der Waals surface area contributed by atoms with Crippen LogP contribution in [0.1, 0.15) is 0 Å². The fourth-order valence-corrected chi connectivity index (χ4v) is 1.19. The molecule has 4 N–H and O–H groups in total. The number of rotatable bonds is 2. The Bertz CT molecular complexity index is 467. The molecule has 68 valence electrons. The van der Waals surface area contributed by atoms with Gasteiger partial charge in [-0.2, -0.15) is 0 Å². The topological polar surface area (TPSA) is 96.4 Å². The zero-order chi connectivity index (χ0) is 9.26. The first-order chi connectivity index (χ1) is 6.33. The average molecular weight is 178 g/mol. The minimum atomic E-state index is 0.368. The fraction of sp³-hybridized carbons (Fsp3) is 0.286. The predicted octanol–water partition coefficient (Wildman–Crippen LogP) is -0.802. The van der Waals surface area contributed by atoms with Crippen molar-refractivity contribution in [2.24, 2.45) is 5.73 Å². The van der Waals surface area contributed by atoms with Crippen LogP contribution in [0.4, 0.5) is 0 Å². The van der Waals surface area contributed by atoms with Crippen molar-refractivity contribution in [3.63, 3.8) is 0 Å². The highest BCUT2D eigenvalue weighted by Crippen LogP contribution is 1.96. The lowest BCUT2D eigenvalue weighted by Gasteiger charge is -2.02. The molecule has 0 unspecified atom stereocenters. The molecule has 2 heterocycles. The van der Waals surface area contributed by atoms with E-state index in [-0.39, 0.29) is 0 Å². The second-order valence-corrected chi connectivity index (χ2v) is 2.68. The highest BCUT2D eigenvalue weighted by Gasteiger charge is 2.01. The summed E-state index contributed by atoms with van der Waals surface area (Å²) >= 11 is 0. The molecule has 0 fully saturated rings. The van der Waals surface area contributed by atoms with E-state index in [4.69, 9.17) is 11.1 Å². The molecular formula is C7H10N6. The van der Waals surface area contributed by atoms with Gasteiger partial charge in [-0.25, -0.2) is 9.97 Å². The second-order valence-electron chi connectivity index (χ2n) is 2.68. The monoisotopic (exact) mass is 178 g/mol. The molecule has 0 atom stereocenters. The van der Waals surface area contributed by atoms with Crippen LogP contribution in [0.2, 0.25) is 0 Å². The van der Waals surface area contributed by atoms with Gasteiger partial charge >= 0.3 is 0 Å². The molecular weight excluding hydrogens is 168 g/mol. The van der Waals surface area contributed by atoms with Crippen LogP contribution in [0.15, 0.2) is 12.7 Å². The molecule has 0 spiro atoms. The molecule has 2 aromatic heterocycles. The smallest absolute Gasteiger partial charge is 0.182 e. The number of nitrogens with two attached hydrogens (primary N) is 1. The van der Waals surface area contributed by atoms with E-state index in [0.717, 1.165) is 0 Å². The van der Waals surface area contributed by atoms with E-state index in [1.165, 1.54) is 6.33 Å². The Balaban J connectivity index is 2.67. The second kappa shape index (κ2) is 2.98. The van der Waals surface area contributed by atoms with E-state index in [1.807, 2.05) is 0 Å². The van der Waals surface area contributed by atoms with Gasteiger partial charge in [0.25, 0.3) is 0 Å². The van der Waals surface area contributed by atoms with Crippen LogP contribution in [-0.4, -0.2) is 26.1 Å². The number of aromatic nitrogens is 4. The lowest BCUT2D eigenvalue weighted by molar-refractivity contribution is 0.655. The third-order valence-corrected chi connectivity index (χ3v) is 1.83. The van der Waals surface area contributed by atoms with Gasteiger partial charge in [-0.05, 0) is 0 Å². The van der Waals surface area contributed by atoms with Crippen LogP contribution in [0.25, 0.3) is 11.2 Å². The van der Waals surface area contributed by atoms with Crippen molar-refractivity contribution in [2.45, 2.75) is 6.54 Å². The Morgan fingerprint density at radius 3 is 3.15 bits per heavy atom. The summed E-state index contributed by atoms with van der Waals surface area (Å²) in [5, 5.41) is 7.76. The Morgan fingerprint density at radius 2 is 2.38 bits per heavy atom. The third kappa shape index (κ3) is 1.20. The summed E-state index contributed by atoms with van der Waals surface area (Å²) in [4.78, 5) is 10.9. The van der Waals surface area contributed by atoms with Crippen LogP contribution < -0.4 is 11.2 Å². The maximum absolute atomic E-state index is 7.76. The van der Waals surface area contributed by atoms with Gasteiger partial charge in [-0.15, -0.1) is 0 Å². The molecule has 6 heteroatoms. The number of aromatic amines is 1. The third-order valence-electron chi connectivity index (χ3n) is 1.83. The Morgan fingerprint density at radius 1 is 1.54 bits per heavy atom. The van der Waals surface area contributed by atoms with E-state index in [2.05, 4.69) is 15.0 Å². The van der Waals surface area contributed by atoms with Crippen LogP contribution >= 0.6 is 0 Å². The van der Waals surface area contributed by atoms with E-state index < -0.39 is 0 Å². The molecule has 0 aromatic carbocycles. The van der Waals surface area contributed by atoms with Gasteiger partial charge in [0.2, 0.25) is 0 Å². The summed E-state index contributed by atoms with van der Waals surface area (Å²) in [6.07, 6.45) is 3.11. The summed E-state index contributed by atoms with van der Waals surface area (Å²) in [6.45, 7) is 1.10. The quantitative estimate of drug-likeness (QED) is 0.561. The number of hydrogen-bond donors (Lipinski definition) is 3. The maximum Gasteiger partial charge on any atom is 0.182 e. The van der Waals surface area contributed by atoms with E-state index in [9.17, 15) is 0 Å². The van der Waals surface area contributed by atoms with Gasteiger partial charge in [0.05, 0.1) is 12.7 Å². The van der Waals surface area contributed by atoms with Crippen LogP contribution in [0, 0.1) is 5.41 Å². The van der Waals surface area contributed by atoms with Gasteiger partial charge in [0, 0.05) is 13.1 Å². The highest BCUT2D eigenvalue weighted by atomic mass is 15.1. The standard InChI is InChI=1S/C7H10N6/c8-1-2-13-4-12-7-5(6(13)9)10-3-11-7/h3-4,9H,1-2,8H2,(H,10,11). The van der Waals surface area contributed by atoms with Gasteiger partial charge in [0.15, 0.2) is 11.1 Å². The number of nitrogens with zero attached hydrogens (tertiary/aromatic N) is 3. The van der Waals surface area contributed by atoms with E-state index >= 15 is 0 Å². The molecule has 0 saturated carbocycles. The first-order valence-electron chi connectivity index (χ1n) is 3.96. The first-order valence-corrected chi connectivity index (χ1v) is 3.96. The number of H-pyrrole nitrogens is 1. The summed E-state index contributed by atoms with van der Waals surface area (Å²) in [6, 6.07) is 0. The summed E-state index contributed by atoms with van der Waals surface area (Å²) < 4.78 is 1.68. The van der Waals surface area contributed by atoms with Gasteiger partial charge in [-0.3, -0.25) is 5.41 Å². The zero-order valence-corrected chi connectivity index (χ0v) is 6.99. The Kier molecular flexibility index (Phi) is 1.82. The summed E-state index contributed by atoms with van der Waals surface area (Å²) in [5.74, 6) is 0. The highest BCUT2D eigenvalue weighted by molar-refractivity contribution is 5.67.